The molecule has 0 spiro atoms. The van der Waals surface area contributed by atoms with Crippen LogP contribution >= 0.6 is 11.3 Å². The second-order valence-corrected chi connectivity index (χ2v) is 9.22. The largest absolute Gasteiger partial charge is 0.480 e. The van der Waals surface area contributed by atoms with Crippen molar-refractivity contribution in [3.63, 3.8) is 0 Å². The van der Waals surface area contributed by atoms with Gasteiger partial charge in [-0.15, -0.1) is 11.3 Å². The predicted molar refractivity (Wildman–Crippen MR) is 123 cm³/mol. The Morgan fingerprint density at radius 1 is 1.21 bits per heavy atom. The normalized spacial score (nSPS) is 11.7. The topological polar surface area (TPSA) is 108 Å². The summed E-state index contributed by atoms with van der Waals surface area (Å²) in [6, 6.07) is 4.34. The van der Waals surface area contributed by atoms with Crippen LogP contribution in [0.2, 0.25) is 0 Å². The molecule has 0 aliphatic carbocycles. The van der Waals surface area contributed by atoms with Crippen LogP contribution in [0.5, 0.6) is 0 Å². The number of halogens is 1. The number of carboxylic acid groups (broad SMARTS) is 1. The zero-order valence-corrected chi connectivity index (χ0v) is 19.8. The van der Waals surface area contributed by atoms with E-state index in [-0.39, 0.29) is 34.7 Å². The van der Waals surface area contributed by atoms with Gasteiger partial charge in [0.2, 0.25) is 0 Å². The number of ether oxygens (including phenoxy) is 1. The van der Waals surface area contributed by atoms with Crippen molar-refractivity contribution in [3.8, 4) is 0 Å². The van der Waals surface area contributed by atoms with E-state index >= 15 is 0 Å². The van der Waals surface area contributed by atoms with Gasteiger partial charge < -0.3 is 9.84 Å². The Morgan fingerprint density at radius 3 is 2.48 bits per heavy atom. The van der Waals surface area contributed by atoms with Gasteiger partial charge >= 0.3 is 17.6 Å². The summed E-state index contributed by atoms with van der Waals surface area (Å²) >= 11 is 0.951. The van der Waals surface area contributed by atoms with Crippen LogP contribution in [-0.2, 0) is 28.0 Å². The molecule has 10 heteroatoms. The summed E-state index contributed by atoms with van der Waals surface area (Å²) in [6.07, 6.45) is 0.260. The number of carbonyl (C=O) groups excluding carboxylic acids is 1. The molecule has 0 unspecified atom stereocenters. The molecule has 33 heavy (non-hydrogen) atoms. The van der Waals surface area contributed by atoms with E-state index in [9.17, 15) is 28.7 Å². The number of aromatic nitrogens is 2. The molecule has 2 heterocycles. The van der Waals surface area contributed by atoms with Crippen molar-refractivity contribution < 1.29 is 23.8 Å². The molecule has 0 bridgehead atoms. The predicted octanol–water partition coefficient (Wildman–Crippen LogP) is 3.22. The third-order valence-electron chi connectivity index (χ3n) is 5.67. The number of rotatable bonds is 7. The highest BCUT2D eigenvalue weighted by atomic mass is 32.1. The van der Waals surface area contributed by atoms with Gasteiger partial charge in [-0.2, -0.15) is 0 Å². The van der Waals surface area contributed by atoms with Gasteiger partial charge in [-0.25, -0.2) is 23.3 Å². The molecule has 0 amide bonds. The molecule has 2 aromatic heterocycles. The van der Waals surface area contributed by atoms with E-state index in [0.29, 0.717) is 15.7 Å². The van der Waals surface area contributed by atoms with E-state index in [4.69, 9.17) is 4.74 Å². The van der Waals surface area contributed by atoms with E-state index in [1.54, 1.807) is 19.9 Å². The number of hydrogen-bond acceptors (Lipinski definition) is 6. The molecule has 0 aliphatic heterocycles. The van der Waals surface area contributed by atoms with Gasteiger partial charge in [0.25, 0.3) is 5.56 Å². The number of esters is 1. The number of benzene rings is 1. The number of fused-ring (bicyclic) bond motifs is 1. The Hall–Kier alpha value is -3.27. The maximum absolute atomic E-state index is 13.8. The van der Waals surface area contributed by atoms with Crippen molar-refractivity contribution in [3.05, 3.63) is 66.4 Å². The molecular weight excluding hydrogens is 451 g/mol. The lowest BCUT2D eigenvalue weighted by Gasteiger charge is -2.23. The Kier molecular flexibility index (Phi) is 6.60. The van der Waals surface area contributed by atoms with Gasteiger partial charge in [-0.3, -0.25) is 9.36 Å². The number of thiophene rings is 1. The van der Waals surface area contributed by atoms with Gasteiger partial charge in [0.1, 0.15) is 21.1 Å². The lowest BCUT2D eigenvalue weighted by molar-refractivity contribution is -0.146. The number of carbonyl (C=O) groups is 2. The molecule has 0 atom stereocenters. The third-order valence-corrected chi connectivity index (χ3v) is 6.97. The van der Waals surface area contributed by atoms with Gasteiger partial charge in [0.15, 0.2) is 0 Å². The van der Waals surface area contributed by atoms with Crippen LogP contribution in [0.1, 0.15) is 47.1 Å². The fourth-order valence-electron chi connectivity index (χ4n) is 3.67. The van der Waals surface area contributed by atoms with E-state index in [2.05, 4.69) is 0 Å². The smallest absolute Gasteiger partial charge is 0.348 e. The zero-order valence-electron chi connectivity index (χ0n) is 19.0. The molecule has 1 N–H and O–H groups in total. The summed E-state index contributed by atoms with van der Waals surface area (Å²) < 4.78 is 20.8. The fraction of sp³-hybridized carbons (Fsp3) is 0.391. The number of hydrogen-bond donors (Lipinski definition) is 1. The second-order valence-electron chi connectivity index (χ2n) is 8.22. The molecule has 3 rings (SSSR count). The van der Waals surface area contributed by atoms with Crippen LogP contribution in [0.25, 0.3) is 10.2 Å². The standard InChI is InChI=1S/C23H25FN2O6S/c1-6-32-20(28)17-13(3)16-18(27)26(23(4,5)21(29)30)22(31)25(19(16)33-17)10-9-14-11-15(24)8-7-12(14)2/h7-8,11H,6,9-10H2,1-5H3,(H,29,30). The van der Waals surface area contributed by atoms with Crippen LogP contribution in [0, 0.1) is 19.7 Å². The minimum absolute atomic E-state index is 0.0534. The van der Waals surface area contributed by atoms with E-state index in [1.807, 2.05) is 6.92 Å². The highest BCUT2D eigenvalue weighted by molar-refractivity contribution is 7.20. The van der Waals surface area contributed by atoms with Crippen molar-refractivity contribution in [1.29, 1.82) is 0 Å². The van der Waals surface area contributed by atoms with Crippen molar-refractivity contribution in [2.24, 2.45) is 0 Å². The number of carboxylic acids is 1. The Balaban J connectivity index is 2.32. The summed E-state index contributed by atoms with van der Waals surface area (Å²) in [5.74, 6) is -2.40. The zero-order chi connectivity index (χ0) is 24.7. The van der Waals surface area contributed by atoms with Crippen molar-refractivity contribution in [2.75, 3.05) is 6.61 Å². The molecule has 8 nitrogen and oxygen atoms in total. The molecule has 0 saturated heterocycles. The summed E-state index contributed by atoms with van der Waals surface area (Å²) in [4.78, 5) is 51.5. The Morgan fingerprint density at radius 2 is 1.88 bits per heavy atom. The highest BCUT2D eigenvalue weighted by Crippen LogP contribution is 2.29. The quantitative estimate of drug-likeness (QED) is 0.525. The lowest BCUT2D eigenvalue weighted by atomic mass is 10.0. The third kappa shape index (κ3) is 4.22. The molecule has 176 valence electrons. The first-order chi connectivity index (χ1) is 15.4. The SMILES string of the molecule is CCOC(=O)c1sc2c(c1C)c(=O)n(C(C)(C)C(=O)O)c(=O)n2CCc1cc(F)ccc1C. The van der Waals surface area contributed by atoms with Crippen LogP contribution in [0.15, 0.2) is 27.8 Å². The molecule has 0 saturated carbocycles. The molecule has 0 fully saturated rings. The Bertz CT molecular complexity index is 1380. The first-order valence-electron chi connectivity index (χ1n) is 10.4. The average molecular weight is 477 g/mol. The Labute approximate surface area is 192 Å². The van der Waals surface area contributed by atoms with Crippen molar-refractivity contribution in [1.82, 2.24) is 9.13 Å². The lowest BCUT2D eigenvalue weighted by Crippen LogP contribution is -2.52. The molecule has 0 radical (unpaired) electrons. The first-order valence-corrected chi connectivity index (χ1v) is 11.2. The fourth-order valence-corrected chi connectivity index (χ4v) is 4.88. The van der Waals surface area contributed by atoms with Crippen molar-refractivity contribution in [2.45, 2.75) is 53.1 Å². The molecule has 3 aromatic rings. The molecule has 1 aromatic carbocycles. The summed E-state index contributed by atoms with van der Waals surface area (Å²) in [7, 11) is 0. The van der Waals surface area contributed by atoms with Crippen LogP contribution in [-0.4, -0.2) is 32.8 Å². The minimum Gasteiger partial charge on any atom is -0.480 e. The van der Waals surface area contributed by atoms with Crippen LogP contribution < -0.4 is 11.2 Å². The number of aliphatic carboxylic acids is 1. The van der Waals surface area contributed by atoms with Gasteiger partial charge in [-0.05, 0) is 69.9 Å². The van der Waals surface area contributed by atoms with E-state index < -0.39 is 34.5 Å². The maximum Gasteiger partial charge on any atom is 0.348 e. The highest BCUT2D eigenvalue weighted by Gasteiger charge is 2.35. The van der Waals surface area contributed by atoms with Crippen LogP contribution in [0.3, 0.4) is 0 Å². The summed E-state index contributed by atoms with van der Waals surface area (Å²) in [6.45, 7) is 7.75. The maximum atomic E-state index is 13.8. The van der Waals surface area contributed by atoms with E-state index in [1.165, 1.54) is 30.5 Å². The monoisotopic (exact) mass is 476 g/mol. The van der Waals surface area contributed by atoms with E-state index in [0.717, 1.165) is 16.9 Å². The molecular formula is C23H25FN2O6S. The van der Waals surface area contributed by atoms with Gasteiger partial charge in [0.05, 0.1) is 12.0 Å². The van der Waals surface area contributed by atoms with Gasteiger partial charge in [-0.1, -0.05) is 6.07 Å². The summed E-state index contributed by atoms with van der Waals surface area (Å²) in [5, 5.41) is 9.78. The second kappa shape index (κ2) is 8.93. The van der Waals surface area contributed by atoms with Gasteiger partial charge in [0, 0.05) is 6.54 Å². The molecule has 0 aliphatic rings. The average Bonchev–Trinajstić information content (AvgIpc) is 3.07. The summed E-state index contributed by atoms with van der Waals surface area (Å²) in [5.41, 5.74) is -1.62. The number of aryl methyl sites for hydroxylation is 4. The number of nitrogens with zero attached hydrogens (tertiary/aromatic N) is 2. The van der Waals surface area contributed by atoms with Crippen LogP contribution in [0.4, 0.5) is 4.39 Å². The minimum atomic E-state index is -1.84. The first kappa shape index (κ1) is 24.4. The van der Waals surface area contributed by atoms with Crippen molar-refractivity contribution >= 4 is 33.5 Å².